The molecule has 0 amide bonds. The molecule has 0 aliphatic rings. The Kier molecular flexibility index (Phi) is 6.28. The molecule has 1 aromatic rings. The molecule has 0 aliphatic carbocycles. The third-order valence-electron chi connectivity index (χ3n) is 0.948. The third-order valence-corrected chi connectivity index (χ3v) is 1.12. The van der Waals surface area contributed by atoms with Crippen molar-refractivity contribution in [3.05, 3.63) is 30.3 Å². The molecule has 0 heterocycles. The van der Waals surface area contributed by atoms with Crippen LogP contribution in [0.25, 0.3) is 0 Å². The summed E-state index contributed by atoms with van der Waals surface area (Å²) in [7, 11) is 0. The molecule has 0 unspecified atom stereocenters. The van der Waals surface area contributed by atoms with Gasteiger partial charge in [-0.3, -0.25) is 0 Å². The quantitative estimate of drug-likeness (QED) is 0.363. The van der Waals surface area contributed by atoms with E-state index in [1.165, 1.54) is 0 Å². The standard InChI is InChI=1S/C7H6OS2.Na.H/c9-7(10)8-6-4-2-1-3-5-6;;/h1-5H,(H,9,10);;/q;+1;-1. The van der Waals surface area contributed by atoms with Crippen molar-refractivity contribution in [3.8, 4) is 5.75 Å². The van der Waals surface area contributed by atoms with Gasteiger partial charge >= 0.3 is 29.6 Å². The van der Waals surface area contributed by atoms with Crippen molar-refractivity contribution in [3.63, 3.8) is 0 Å². The Balaban J connectivity index is 0. The van der Waals surface area contributed by atoms with E-state index in [1.54, 1.807) is 0 Å². The molecule has 0 saturated carbocycles. The predicted octanol–water partition coefficient (Wildman–Crippen LogP) is -0.603. The van der Waals surface area contributed by atoms with Gasteiger partial charge < -0.3 is 6.16 Å². The Labute approximate surface area is 100 Å². The zero-order chi connectivity index (χ0) is 7.40. The van der Waals surface area contributed by atoms with Gasteiger partial charge in [-0.15, -0.1) is 0 Å². The molecule has 0 aliphatic heterocycles. The summed E-state index contributed by atoms with van der Waals surface area (Å²) in [5.41, 5.74) is 0. The summed E-state index contributed by atoms with van der Waals surface area (Å²) in [4.78, 5) is 0. The molecule has 0 N–H and O–H groups in total. The van der Waals surface area contributed by atoms with Crippen molar-refractivity contribution in [1.82, 2.24) is 0 Å². The fourth-order valence-corrected chi connectivity index (χ4v) is 0.791. The molecule has 0 radical (unpaired) electrons. The molecule has 0 spiro atoms. The first-order chi connectivity index (χ1) is 4.79. The van der Waals surface area contributed by atoms with Crippen molar-refractivity contribution in [2.75, 3.05) is 0 Å². The van der Waals surface area contributed by atoms with Crippen LogP contribution in [-0.2, 0) is 0 Å². The Morgan fingerprint density at radius 2 is 1.91 bits per heavy atom. The molecular weight excluding hydrogens is 187 g/mol. The second kappa shape index (κ2) is 6.03. The summed E-state index contributed by atoms with van der Waals surface area (Å²) < 4.78 is 5.25. The SMILES string of the molecule is S=C(S)Oc1ccccc1.[H-].[Na+]. The third kappa shape index (κ3) is 4.82. The second-order valence-electron chi connectivity index (χ2n) is 1.68. The molecule has 1 rings (SSSR count). The maximum absolute atomic E-state index is 5.01. The Hall–Kier alpha value is 0.460. The minimum Gasteiger partial charge on any atom is -1.00 e. The number of thiocarbonyl (C=S) groups is 1. The van der Waals surface area contributed by atoms with Crippen LogP contribution in [0.3, 0.4) is 0 Å². The largest absolute Gasteiger partial charge is 1.00 e. The van der Waals surface area contributed by atoms with Gasteiger partial charge in [0.25, 0.3) is 0 Å². The van der Waals surface area contributed by atoms with E-state index in [2.05, 4.69) is 24.8 Å². The summed E-state index contributed by atoms with van der Waals surface area (Å²) >= 11 is 8.44. The van der Waals surface area contributed by atoms with Crippen LogP contribution in [0.5, 0.6) is 5.75 Å². The zero-order valence-electron chi connectivity index (χ0n) is 7.15. The van der Waals surface area contributed by atoms with Crippen LogP contribution < -0.4 is 34.3 Å². The average Bonchev–Trinajstić information content (AvgIpc) is 1.88. The van der Waals surface area contributed by atoms with Gasteiger partial charge in [-0.2, -0.15) is 0 Å². The predicted molar refractivity (Wildman–Crippen MR) is 49.8 cm³/mol. The summed E-state index contributed by atoms with van der Waals surface area (Å²) in [5, 5.41) is 0. The number of benzene rings is 1. The van der Waals surface area contributed by atoms with Gasteiger partial charge in [-0.1, -0.05) is 30.8 Å². The number of thiol groups is 1. The molecule has 0 atom stereocenters. The smallest absolute Gasteiger partial charge is 1.00 e. The summed E-state index contributed by atoms with van der Waals surface area (Å²) in [6, 6.07) is 9.31. The summed E-state index contributed by atoms with van der Waals surface area (Å²) in [6.07, 6.45) is 0. The van der Waals surface area contributed by atoms with Crippen LogP contribution in [0.15, 0.2) is 30.3 Å². The summed E-state index contributed by atoms with van der Waals surface area (Å²) in [5.74, 6) is 0.725. The first kappa shape index (κ1) is 11.5. The minimum absolute atomic E-state index is 0. The zero-order valence-corrected chi connectivity index (χ0v) is 9.86. The van der Waals surface area contributed by atoms with Crippen molar-refractivity contribution in [2.24, 2.45) is 0 Å². The topological polar surface area (TPSA) is 9.23 Å². The Morgan fingerprint density at radius 3 is 2.36 bits per heavy atom. The van der Waals surface area contributed by atoms with E-state index < -0.39 is 0 Å². The average molecular weight is 194 g/mol. The molecule has 0 saturated heterocycles. The number of para-hydroxylation sites is 1. The van der Waals surface area contributed by atoms with Crippen molar-refractivity contribution in [2.45, 2.75) is 0 Å². The molecule has 0 aromatic heterocycles. The molecule has 4 heteroatoms. The molecular formula is C7H7NaOS2. The van der Waals surface area contributed by atoms with Gasteiger partial charge in [0.2, 0.25) is 4.38 Å². The van der Waals surface area contributed by atoms with E-state index in [4.69, 9.17) is 4.74 Å². The fourth-order valence-electron chi connectivity index (χ4n) is 0.589. The molecule has 0 bridgehead atoms. The van der Waals surface area contributed by atoms with Gasteiger partial charge in [-0.25, -0.2) is 0 Å². The van der Waals surface area contributed by atoms with Crippen LogP contribution in [0.1, 0.15) is 1.43 Å². The Morgan fingerprint density at radius 1 is 1.36 bits per heavy atom. The van der Waals surface area contributed by atoms with Crippen LogP contribution in [-0.4, -0.2) is 4.38 Å². The van der Waals surface area contributed by atoms with E-state index >= 15 is 0 Å². The molecule has 0 fully saturated rings. The maximum Gasteiger partial charge on any atom is 1.00 e. The van der Waals surface area contributed by atoms with E-state index in [-0.39, 0.29) is 35.4 Å². The summed E-state index contributed by atoms with van der Waals surface area (Å²) in [6.45, 7) is 0. The Bertz CT molecular complexity index is 230. The second-order valence-corrected chi connectivity index (χ2v) is 2.76. The van der Waals surface area contributed by atoms with Gasteiger partial charge in [0.1, 0.15) is 5.75 Å². The minimum atomic E-state index is 0. The van der Waals surface area contributed by atoms with Crippen LogP contribution in [0.2, 0.25) is 0 Å². The first-order valence-electron chi connectivity index (χ1n) is 2.75. The van der Waals surface area contributed by atoms with Crippen molar-refractivity contribution < 1.29 is 35.7 Å². The number of ether oxygens (including phenoxy) is 1. The van der Waals surface area contributed by atoms with Gasteiger partial charge in [-0.05, 0) is 24.4 Å². The number of hydrogen-bond donors (Lipinski definition) is 1. The van der Waals surface area contributed by atoms with Crippen molar-refractivity contribution in [1.29, 1.82) is 0 Å². The van der Waals surface area contributed by atoms with E-state index in [1.807, 2.05) is 30.3 Å². The monoisotopic (exact) mass is 194 g/mol. The van der Waals surface area contributed by atoms with Crippen LogP contribution in [0.4, 0.5) is 0 Å². The van der Waals surface area contributed by atoms with Crippen LogP contribution >= 0.6 is 24.8 Å². The molecule has 11 heavy (non-hydrogen) atoms. The number of hydrogen-bond acceptors (Lipinski definition) is 2. The van der Waals surface area contributed by atoms with E-state index in [9.17, 15) is 0 Å². The maximum atomic E-state index is 5.01. The van der Waals surface area contributed by atoms with E-state index in [0.717, 1.165) is 5.75 Å². The van der Waals surface area contributed by atoms with Crippen LogP contribution in [0, 0.1) is 0 Å². The molecule has 1 aromatic carbocycles. The first-order valence-corrected chi connectivity index (χ1v) is 3.60. The fraction of sp³-hybridized carbons (Fsp3) is 0. The van der Waals surface area contributed by atoms with Gasteiger partial charge in [0.05, 0.1) is 0 Å². The van der Waals surface area contributed by atoms with E-state index in [0.29, 0.717) is 0 Å². The normalized spacial score (nSPS) is 8.09. The van der Waals surface area contributed by atoms with Crippen molar-refractivity contribution >= 4 is 29.2 Å². The molecule has 1 nitrogen and oxygen atoms in total. The van der Waals surface area contributed by atoms with Gasteiger partial charge in [0, 0.05) is 0 Å². The molecule has 54 valence electrons. The van der Waals surface area contributed by atoms with Gasteiger partial charge in [0.15, 0.2) is 0 Å². The number of rotatable bonds is 1.